The number of carbonyl (C=O) groups excluding carboxylic acids is 3. The second-order valence-corrected chi connectivity index (χ2v) is 5.08. The Morgan fingerprint density at radius 2 is 1.87 bits per heavy atom. The van der Waals surface area contributed by atoms with Gasteiger partial charge in [0, 0.05) is 18.3 Å². The fourth-order valence-electron chi connectivity index (χ4n) is 2.29. The van der Waals surface area contributed by atoms with Crippen LogP contribution in [0.3, 0.4) is 0 Å². The van der Waals surface area contributed by atoms with Crippen LogP contribution in [0.2, 0.25) is 0 Å². The van der Waals surface area contributed by atoms with Gasteiger partial charge >= 0.3 is 0 Å². The van der Waals surface area contributed by atoms with Gasteiger partial charge in [0.2, 0.25) is 23.7 Å². The first-order chi connectivity index (χ1) is 11.0. The van der Waals surface area contributed by atoms with Gasteiger partial charge < -0.3 is 10.6 Å². The van der Waals surface area contributed by atoms with Crippen LogP contribution in [0.4, 0.5) is 17.3 Å². The summed E-state index contributed by atoms with van der Waals surface area (Å²) in [5.41, 5.74) is 1.19. The van der Waals surface area contributed by atoms with E-state index in [4.69, 9.17) is 0 Å². The number of aromatic nitrogens is 3. The van der Waals surface area contributed by atoms with Gasteiger partial charge in [-0.15, -0.1) is 10.2 Å². The maximum Gasteiger partial charge on any atom is 0.248 e. The Kier molecular flexibility index (Phi) is 3.75. The van der Waals surface area contributed by atoms with Crippen molar-refractivity contribution in [2.75, 3.05) is 16.0 Å². The molecule has 3 rings (SSSR count). The molecule has 0 spiro atoms. The van der Waals surface area contributed by atoms with E-state index in [2.05, 4.69) is 26.1 Å². The van der Waals surface area contributed by atoms with Crippen molar-refractivity contribution in [1.29, 1.82) is 0 Å². The zero-order valence-electron chi connectivity index (χ0n) is 12.2. The van der Waals surface area contributed by atoms with E-state index >= 15 is 0 Å². The van der Waals surface area contributed by atoms with Gasteiger partial charge in [-0.05, 0) is 24.3 Å². The van der Waals surface area contributed by atoms with Crippen molar-refractivity contribution < 1.29 is 14.4 Å². The van der Waals surface area contributed by atoms with Crippen LogP contribution in [0.1, 0.15) is 19.4 Å². The molecule has 3 amide bonds. The van der Waals surface area contributed by atoms with Gasteiger partial charge in [0.05, 0.1) is 6.42 Å². The summed E-state index contributed by atoms with van der Waals surface area (Å²) in [5, 5.41) is 15.4. The summed E-state index contributed by atoms with van der Waals surface area (Å²) in [6.45, 7) is 1.42. The largest absolute Gasteiger partial charge is 0.326 e. The quantitative estimate of drug-likeness (QED) is 0.773. The number of fused-ring (bicyclic) bond motifs is 1. The first-order valence-electron chi connectivity index (χ1n) is 6.91. The molecule has 0 saturated heterocycles. The Hall–Kier alpha value is -3.23. The molecule has 0 saturated carbocycles. The highest BCUT2D eigenvalue weighted by Gasteiger charge is 2.31. The molecule has 2 heterocycles. The molecule has 3 N–H and O–H groups in total. The second kappa shape index (κ2) is 5.87. The molecular weight excluding hydrogens is 300 g/mol. The number of rotatable bonds is 3. The van der Waals surface area contributed by atoms with Gasteiger partial charge in [0.15, 0.2) is 0 Å². The molecule has 1 atom stereocenters. The standard InChI is InChI=1S/C14H14N6O3/c1-8(21)16-9-2-4-10(5-3-9)17-13(23)11-6-12(22)18-14-19-15-7-20(11)14/h2-5,7,11H,6H2,1H3,(H,16,21)(H,17,23)(H,18,19,22)/t11-/m1/s1. The SMILES string of the molecule is CC(=O)Nc1ccc(NC(=O)[C@H]2CC(=O)Nc3nncn32)cc1. The van der Waals surface area contributed by atoms with Crippen molar-refractivity contribution in [3.05, 3.63) is 30.6 Å². The van der Waals surface area contributed by atoms with Crippen molar-refractivity contribution in [3.8, 4) is 0 Å². The molecule has 0 radical (unpaired) electrons. The lowest BCUT2D eigenvalue weighted by Crippen LogP contribution is -2.35. The number of hydrogen-bond donors (Lipinski definition) is 3. The number of amides is 3. The Morgan fingerprint density at radius 1 is 1.22 bits per heavy atom. The van der Waals surface area contributed by atoms with Gasteiger partial charge in [-0.25, -0.2) is 0 Å². The van der Waals surface area contributed by atoms with Gasteiger partial charge in [-0.2, -0.15) is 0 Å². The summed E-state index contributed by atoms with van der Waals surface area (Å²) in [6, 6.07) is 5.98. The molecule has 9 nitrogen and oxygen atoms in total. The summed E-state index contributed by atoms with van der Waals surface area (Å²) in [5.74, 6) is -0.544. The summed E-state index contributed by atoms with van der Waals surface area (Å²) in [6.07, 6.45) is 1.42. The number of hydrogen-bond acceptors (Lipinski definition) is 5. The lowest BCUT2D eigenvalue weighted by molar-refractivity contribution is -0.125. The van der Waals surface area contributed by atoms with Crippen LogP contribution in [-0.2, 0) is 14.4 Å². The number of anilines is 3. The third kappa shape index (κ3) is 3.18. The van der Waals surface area contributed by atoms with E-state index in [-0.39, 0.29) is 30.1 Å². The monoisotopic (exact) mass is 314 g/mol. The minimum Gasteiger partial charge on any atom is -0.326 e. The topological polar surface area (TPSA) is 118 Å². The van der Waals surface area contributed by atoms with Crippen molar-refractivity contribution in [1.82, 2.24) is 14.8 Å². The average Bonchev–Trinajstić information content (AvgIpc) is 2.95. The molecule has 2 aromatic rings. The zero-order valence-corrected chi connectivity index (χ0v) is 12.2. The second-order valence-electron chi connectivity index (χ2n) is 5.08. The molecule has 1 aliphatic rings. The summed E-state index contributed by atoms with van der Waals surface area (Å²) in [4.78, 5) is 35.0. The van der Waals surface area contributed by atoms with E-state index in [9.17, 15) is 14.4 Å². The highest BCUT2D eigenvalue weighted by molar-refractivity contribution is 6.01. The molecular formula is C14H14N6O3. The normalized spacial score (nSPS) is 16.2. The van der Waals surface area contributed by atoms with E-state index in [0.717, 1.165) is 0 Å². The van der Waals surface area contributed by atoms with Crippen LogP contribution in [0.25, 0.3) is 0 Å². The van der Waals surface area contributed by atoms with Gasteiger partial charge in [-0.1, -0.05) is 0 Å². The number of benzene rings is 1. The molecule has 0 bridgehead atoms. The number of nitrogens with one attached hydrogen (secondary N) is 3. The van der Waals surface area contributed by atoms with Crippen LogP contribution < -0.4 is 16.0 Å². The molecule has 1 aromatic carbocycles. The Labute approximate surface area is 131 Å². The minimum atomic E-state index is -0.705. The first-order valence-corrected chi connectivity index (χ1v) is 6.91. The van der Waals surface area contributed by atoms with Crippen molar-refractivity contribution in [2.24, 2.45) is 0 Å². The molecule has 1 aromatic heterocycles. The lowest BCUT2D eigenvalue weighted by Gasteiger charge is -2.23. The molecule has 9 heteroatoms. The number of nitrogens with zero attached hydrogens (tertiary/aromatic N) is 3. The Balaban J connectivity index is 1.72. The van der Waals surface area contributed by atoms with Crippen molar-refractivity contribution in [2.45, 2.75) is 19.4 Å². The molecule has 23 heavy (non-hydrogen) atoms. The first kappa shape index (κ1) is 14.7. The average molecular weight is 314 g/mol. The van der Waals surface area contributed by atoms with Crippen LogP contribution >= 0.6 is 0 Å². The van der Waals surface area contributed by atoms with E-state index < -0.39 is 6.04 Å². The fraction of sp³-hybridized carbons (Fsp3) is 0.214. The van der Waals surface area contributed by atoms with Crippen LogP contribution in [0.15, 0.2) is 30.6 Å². The highest BCUT2D eigenvalue weighted by atomic mass is 16.2. The maximum atomic E-state index is 12.4. The summed E-state index contributed by atoms with van der Waals surface area (Å²) < 4.78 is 1.52. The molecule has 0 unspecified atom stereocenters. The maximum absolute atomic E-state index is 12.4. The zero-order chi connectivity index (χ0) is 16.4. The minimum absolute atomic E-state index is 0.0147. The molecule has 1 aliphatic heterocycles. The van der Waals surface area contributed by atoms with Gasteiger partial charge in [0.1, 0.15) is 12.4 Å². The third-order valence-corrected chi connectivity index (χ3v) is 3.31. The van der Waals surface area contributed by atoms with Crippen molar-refractivity contribution in [3.63, 3.8) is 0 Å². The van der Waals surface area contributed by atoms with E-state index in [1.807, 2.05) is 0 Å². The van der Waals surface area contributed by atoms with E-state index in [1.165, 1.54) is 17.8 Å². The summed E-state index contributed by atoms with van der Waals surface area (Å²) >= 11 is 0. The molecule has 0 aliphatic carbocycles. The summed E-state index contributed by atoms with van der Waals surface area (Å²) in [7, 11) is 0. The smallest absolute Gasteiger partial charge is 0.248 e. The molecule has 118 valence electrons. The predicted molar refractivity (Wildman–Crippen MR) is 81.7 cm³/mol. The van der Waals surface area contributed by atoms with E-state index in [1.54, 1.807) is 24.3 Å². The van der Waals surface area contributed by atoms with Gasteiger partial charge in [-0.3, -0.25) is 24.3 Å². The highest BCUT2D eigenvalue weighted by Crippen LogP contribution is 2.24. The Bertz CT molecular complexity index is 767. The Morgan fingerprint density at radius 3 is 2.52 bits per heavy atom. The van der Waals surface area contributed by atoms with Crippen LogP contribution in [-0.4, -0.2) is 32.5 Å². The number of carbonyl (C=O) groups is 3. The van der Waals surface area contributed by atoms with E-state index in [0.29, 0.717) is 11.4 Å². The molecule has 0 fully saturated rings. The lowest BCUT2D eigenvalue weighted by atomic mass is 10.1. The van der Waals surface area contributed by atoms with Crippen LogP contribution in [0, 0.1) is 0 Å². The fourth-order valence-corrected chi connectivity index (χ4v) is 2.29. The third-order valence-electron chi connectivity index (χ3n) is 3.31. The van der Waals surface area contributed by atoms with Crippen molar-refractivity contribution >= 4 is 35.0 Å². The van der Waals surface area contributed by atoms with Gasteiger partial charge in [0.25, 0.3) is 0 Å². The predicted octanol–water partition coefficient (Wildman–Crippen LogP) is 0.758. The van der Waals surface area contributed by atoms with Crippen LogP contribution in [0.5, 0.6) is 0 Å².